The van der Waals surface area contributed by atoms with Crippen LogP contribution in [0.15, 0.2) is 11.1 Å². The standard InChI is InChI=1S/C13H20ClN3S2.C2H2O4/c1-17-8-5-6-11(10-17)12-13(16-19-15-12)18-9-4-2-3-7-14;3-1(4)2(5)6/h6H,2-5,7-10H2,1H3;(H,3,4)(H,5,6). The van der Waals surface area contributed by atoms with Crippen LogP contribution in [0.5, 0.6) is 0 Å². The maximum absolute atomic E-state index is 9.10. The first kappa shape index (κ1) is 21.9. The fourth-order valence-electron chi connectivity index (χ4n) is 2.08. The van der Waals surface area contributed by atoms with Gasteiger partial charge in [-0.25, -0.2) is 9.59 Å². The smallest absolute Gasteiger partial charge is 0.414 e. The first-order valence-corrected chi connectivity index (χ1v) is 10.1. The Morgan fingerprint density at radius 2 is 2.00 bits per heavy atom. The minimum absolute atomic E-state index is 0.771. The number of carbonyl (C=O) groups is 2. The van der Waals surface area contributed by atoms with E-state index in [-0.39, 0.29) is 0 Å². The minimum Gasteiger partial charge on any atom is -0.473 e. The molecule has 0 amide bonds. The van der Waals surface area contributed by atoms with Crippen molar-refractivity contribution >= 4 is 52.6 Å². The fourth-order valence-corrected chi connectivity index (χ4v) is 3.98. The van der Waals surface area contributed by atoms with Gasteiger partial charge in [-0.1, -0.05) is 12.5 Å². The largest absolute Gasteiger partial charge is 0.473 e. The zero-order chi connectivity index (χ0) is 18.7. The monoisotopic (exact) mass is 407 g/mol. The number of carboxylic acids is 2. The molecule has 1 aliphatic rings. The van der Waals surface area contributed by atoms with E-state index >= 15 is 0 Å². The fraction of sp³-hybridized carbons (Fsp3) is 0.600. The lowest BCUT2D eigenvalue weighted by molar-refractivity contribution is -0.159. The number of carboxylic acid groups (broad SMARTS) is 2. The molecule has 0 radical (unpaired) electrons. The maximum atomic E-state index is 9.10. The van der Waals surface area contributed by atoms with Crippen molar-refractivity contribution in [3.05, 3.63) is 11.8 Å². The summed E-state index contributed by atoms with van der Waals surface area (Å²) < 4.78 is 8.93. The van der Waals surface area contributed by atoms with Gasteiger partial charge in [0.15, 0.2) is 0 Å². The molecule has 0 aromatic carbocycles. The molecule has 0 saturated heterocycles. The molecule has 0 aliphatic carbocycles. The van der Waals surface area contributed by atoms with Gasteiger partial charge in [0, 0.05) is 19.0 Å². The Morgan fingerprint density at radius 1 is 1.28 bits per heavy atom. The number of likely N-dealkylation sites (N-methyl/N-ethyl adjacent to an activating group) is 1. The third-order valence-corrected chi connectivity index (χ3v) is 5.27. The molecule has 1 aromatic heterocycles. The lowest BCUT2D eigenvalue weighted by Gasteiger charge is -2.22. The van der Waals surface area contributed by atoms with Gasteiger partial charge in [-0.2, -0.15) is 8.75 Å². The third kappa shape index (κ3) is 8.66. The van der Waals surface area contributed by atoms with Gasteiger partial charge >= 0.3 is 11.9 Å². The zero-order valence-corrected chi connectivity index (χ0v) is 16.4. The first-order valence-electron chi connectivity index (χ1n) is 7.81. The molecule has 0 atom stereocenters. The number of hydrogen-bond donors (Lipinski definition) is 2. The second-order valence-corrected chi connectivity index (χ2v) is 7.37. The van der Waals surface area contributed by atoms with Crippen LogP contribution in [-0.2, 0) is 9.59 Å². The number of rotatable bonds is 7. The summed E-state index contributed by atoms with van der Waals surface area (Å²) in [6, 6.07) is 0. The maximum Gasteiger partial charge on any atom is 0.414 e. The van der Waals surface area contributed by atoms with Crippen molar-refractivity contribution < 1.29 is 19.8 Å². The summed E-state index contributed by atoms with van der Waals surface area (Å²) in [6.07, 6.45) is 6.94. The molecule has 1 aliphatic heterocycles. The van der Waals surface area contributed by atoms with Crippen LogP contribution in [0.4, 0.5) is 0 Å². The summed E-state index contributed by atoms with van der Waals surface area (Å²) in [5.41, 5.74) is 2.45. The van der Waals surface area contributed by atoms with E-state index in [1.807, 2.05) is 11.8 Å². The van der Waals surface area contributed by atoms with E-state index in [0.29, 0.717) is 0 Å². The Balaban J connectivity index is 0.000000450. The Hall–Kier alpha value is -1.16. The Kier molecular flexibility index (Phi) is 10.7. The Morgan fingerprint density at radius 3 is 2.60 bits per heavy atom. The molecule has 2 heterocycles. The van der Waals surface area contributed by atoms with Crippen LogP contribution < -0.4 is 0 Å². The average molecular weight is 408 g/mol. The van der Waals surface area contributed by atoms with E-state index in [0.717, 1.165) is 48.3 Å². The van der Waals surface area contributed by atoms with Crippen LogP contribution in [0.25, 0.3) is 5.57 Å². The number of aromatic nitrogens is 2. The highest BCUT2D eigenvalue weighted by molar-refractivity contribution is 7.99. The molecule has 10 heteroatoms. The predicted octanol–water partition coefficient (Wildman–Crippen LogP) is 2.91. The van der Waals surface area contributed by atoms with Crippen molar-refractivity contribution in [2.24, 2.45) is 0 Å². The van der Waals surface area contributed by atoms with Crippen molar-refractivity contribution in [1.29, 1.82) is 0 Å². The van der Waals surface area contributed by atoms with Crippen molar-refractivity contribution in [3.63, 3.8) is 0 Å². The van der Waals surface area contributed by atoms with Crippen molar-refractivity contribution in [2.75, 3.05) is 31.8 Å². The highest BCUT2D eigenvalue weighted by Gasteiger charge is 2.17. The van der Waals surface area contributed by atoms with Crippen LogP contribution in [0, 0.1) is 0 Å². The van der Waals surface area contributed by atoms with E-state index in [4.69, 9.17) is 31.4 Å². The molecule has 140 valence electrons. The molecule has 0 saturated carbocycles. The molecule has 0 fully saturated rings. The van der Waals surface area contributed by atoms with E-state index in [1.165, 1.54) is 30.1 Å². The molecule has 7 nitrogen and oxygen atoms in total. The molecule has 2 rings (SSSR count). The number of nitrogens with zero attached hydrogens (tertiary/aromatic N) is 3. The summed E-state index contributed by atoms with van der Waals surface area (Å²) in [6.45, 7) is 2.13. The Labute approximate surface area is 160 Å². The van der Waals surface area contributed by atoms with Gasteiger partial charge in [0.05, 0.1) is 11.7 Å². The summed E-state index contributed by atoms with van der Waals surface area (Å²) >= 11 is 8.84. The van der Waals surface area contributed by atoms with Crippen LogP contribution in [0.3, 0.4) is 0 Å². The van der Waals surface area contributed by atoms with E-state index in [1.54, 1.807) is 0 Å². The summed E-state index contributed by atoms with van der Waals surface area (Å²) in [4.78, 5) is 20.5. The topological polar surface area (TPSA) is 104 Å². The molecule has 0 spiro atoms. The Bertz CT molecular complexity index is 583. The van der Waals surface area contributed by atoms with E-state index < -0.39 is 11.9 Å². The lowest BCUT2D eigenvalue weighted by Crippen LogP contribution is -2.25. The number of hydrogen-bond acceptors (Lipinski definition) is 7. The van der Waals surface area contributed by atoms with Crippen LogP contribution in [0.1, 0.15) is 31.4 Å². The average Bonchev–Trinajstić information content (AvgIpc) is 3.03. The van der Waals surface area contributed by atoms with Crippen molar-refractivity contribution in [3.8, 4) is 0 Å². The second-order valence-electron chi connectivity index (χ2n) is 5.38. The number of thioether (sulfide) groups is 1. The number of unbranched alkanes of at least 4 members (excludes halogenated alkanes) is 2. The summed E-state index contributed by atoms with van der Waals surface area (Å²) in [5.74, 6) is -1.77. The molecule has 25 heavy (non-hydrogen) atoms. The van der Waals surface area contributed by atoms with Gasteiger partial charge in [0.1, 0.15) is 10.7 Å². The van der Waals surface area contributed by atoms with Gasteiger partial charge in [-0.05, 0) is 37.6 Å². The summed E-state index contributed by atoms with van der Waals surface area (Å²) in [7, 11) is 2.16. The van der Waals surface area contributed by atoms with Gasteiger partial charge < -0.3 is 15.1 Å². The lowest BCUT2D eigenvalue weighted by atomic mass is 10.1. The van der Waals surface area contributed by atoms with Crippen molar-refractivity contribution in [1.82, 2.24) is 13.6 Å². The number of halogens is 1. The zero-order valence-electron chi connectivity index (χ0n) is 14.0. The third-order valence-electron chi connectivity index (χ3n) is 3.30. The molecular weight excluding hydrogens is 386 g/mol. The highest BCUT2D eigenvalue weighted by atomic mass is 35.5. The van der Waals surface area contributed by atoms with Gasteiger partial charge in [-0.3, -0.25) is 0 Å². The van der Waals surface area contributed by atoms with Gasteiger partial charge in [0.2, 0.25) is 0 Å². The van der Waals surface area contributed by atoms with Crippen molar-refractivity contribution in [2.45, 2.75) is 30.7 Å². The molecule has 2 N–H and O–H groups in total. The summed E-state index contributed by atoms with van der Waals surface area (Å²) in [5, 5.41) is 15.9. The highest BCUT2D eigenvalue weighted by Crippen LogP contribution is 2.29. The van der Waals surface area contributed by atoms with Gasteiger partial charge in [0.25, 0.3) is 0 Å². The minimum atomic E-state index is -1.82. The SMILES string of the molecule is CN1CCC=C(c2nsnc2SCCCCCCl)C1.O=C(O)C(=O)O. The molecular formula is C15H22ClN3O4S2. The van der Waals surface area contributed by atoms with Crippen LogP contribution in [0.2, 0.25) is 0 Å². The molecule has 1 aromatic rings. The normalized spacial score (nSPS) is 14.4. The number of aliphatic carboxylic acids is 2. The van der Waals surface area contributed by atoms with Crippen LogP contribution >= 0.6 is 35.1 Å². The molecule has 0 unspecified atom stereocenters. The second kappa shape index (κ2) is 12.2. The van der Waals surface area contributed by atoms with Crippen LogP contribution in [-0.4, -0.2) is 67.6 Å². The molecule has 0 bridgehead atoms. The quantitative estimate of drug-likeness (QED) is 0.307. The predicted molar refractivity (Wildman–Crippen MR) is 101 cm³/mol. The van der Waals surface area contributed by atoms with E-state index in [9.17, 15) is 0 Å². The van der Waals surface area contributed by atoms with E-state index in [2.05, 4.69) is 26.8 Å². The van der Waals surface area contributed by atoms with Gasteiger partial charge in [-0.15, -0.1) is 23.4 Å². The number of alkyl halides is 1. The first-order chi connectivity index (χ1) is 12.0.